The molecule has 0 saturated carbocycles. The molecule has 1 aliphatic heterocycles. The zero-order valence-corrected chi connectivity index (χ0v) is 14.0. The van der Waals surface area contributed by atoms with Gasteiger partial charge in [-0.15, -0.1) is 0 Å². The van der Waals surface area contributed by atoms with E-state index in [1.165, 1.54) is 5.57 Å². The molecule has 1 aromatic carbocycles. The smallest absolute Gasteiger partial charge is 0.178 e. The quantitative estimate of drug-likeness (QED) is 0.679. The van der Waals surface area contributed by atoms with E-state index in [9.17, 15) is 5.26 Å². The molecule has 2 aromatic rings. The van der Waals surface area contributed by atoms with Crippen LogP contribution in [0.1, 0.15) is 31.9 Å². The van der Waals surface area contributed by atoms with Gasteiger partial charge in [0.05, 0.1) is 22.7 Å². The number of allylic oxidation sites excluding steroid dienone is 1. The van der Waals surface area contributed by atoms with Crippen molar-refractivity contribution in [2.75, 3.05) is 6.54 Å². The molecule has 1 aliphatic rings. The van der Waals surface area contributed by atoms with Gasteiger partial charge in [-0.25, -0.2) is 0 Å². The van der Waals surface area contributed by atoms with Gasteiger partial charge in [0.15, 0.2) is 4.77 Å². The van der Waals surface area contributed by atoms with Crippen molar-refractivity contribution in [2.24, 2.45) is 0 Å². The molecule has 22 heavy (non-hydrogen) atoms. The zero-order valence-electron chi connectivity index (χ0n) is 13.2. The van der Waals surface area contributed by atoms with E-state index in [4.69, 9.17) is 12.2 Å². The van der Waals surface area contributed by atoms with E-state index in [-0.39, 0.29) is 0 Å². The second kappa shape index (κ2) is 5.71. The number of aromatic amines is 1. The van der Waals surface area contributed by atoms with Gasteiger partial charge in [0.2, 0.25) is 0 Å². The highest BCUT2D eigenvalue weighted by Gasteiger charge is 2.24. The molecule has 0 bridgehead atoms. The summed E-state index contributed by atoms with van der Waals surface area (Å²) in [6.45, 7) is 8.96. The number of benzene rings is 1. The van der Waals surface area contributed by atoms with Crippen molar-refractivity contribution in [3.05, 3.63) is 39.7 Å². The minimum atomic E-state index is 0.361. The lowest BCUT2D eigenvalue weighted by Gasteiger charge is -2.26. The molecule has 0 spiro atoms. The van der Waals surface area contributed by atoms with Crippen molar-refractivity contribution in [2.45, 2.75) is 39.9 Å². The fourth-order valence-electron chi connectivity index (χ4n) is 3.05. The van der Waals surface area contributed by atoms with Gasteiger partial charge in [-0.05, 0) is 45.1 Å². The zero-order chi connectivity index (χ0) is 15.9. The standard InChI is InChI=1S/C17H20N4S/c1-11(2)6-7-20-10-14-13(8-18)4-5-15-16(14)21(9-12(20)3)17(22)19-15/h4-6,12H,7,9-10H2,1-3H3,(H,19,22)/t12-/m1/s1. The molecule has 1 N–H and O–H groups in total. The molecule has 0 unspecified atom stereocenters. The van der Waals surface area contributed by atoms with Crippen molar-refractivity contribution in [3.8, 4) is 6.07 Å². The van der Waals surface area contributed by atoms with Gasteiger partial charge in [0.25, 0.3) is 0 Å². The van der Waals surface area contributed by atoms with Crippen LogP contribution in [-0.4, -0.2) is 27.0 Å². The van der Waals surface area contributed by atoms with E-state index >= 15 is 0 Å². The van der Waals surface area contributed by atoms with Crippen molar-refractivity contribution >= 4 is 23.3 Å². The molecule has 3 rings (SSSR count). The van der Waals surface area contributed by atoms with Crippen LogP contribution < -0.4 is 0 Å². The van der Waals surface area contributed by atoms with Crippen LogP contribution in [0, 0.1) is 16.1 Å². The van der Waals surface area contributed by atoms with Crippen LogP contribution >= 0.6 is 12.2 Å². The number of H-pyrrole nitrogens is 1. The Morgan fingerprint density at radius 1 is 1.50 bits per heavy atom. The Hall–Kier alpha value is -1.90. The number of imidazole rings is 1. The summed E-state index contributed by atoms with van der Waals surface area (Å²) in [5, 5.41) is 9.47. The molecule has 1 aromatic heterocycles. The summed E-state index contributed by atoms with van der Waals surface area (Å²) in [6, 6.07) is 6.54. The van der Waals surface area contributed by atoms with Gasteiger partial charge in [0, 0.05) is 31.2 Å². The van der Waals surface area contributed by atoms with Gasteiger partial charge in [0.1, 0.15) is 0 Å². The Labute approximate surface area is 135 Å². The molecule has 0 radical (unpaired) electrons. The number of hydrogen-bond acceptors (Lipinski definition) is 3. The molecule has 0 fully saturated rings. The highest BCUT2D eigenvalue weighted by molar-refractivity contribution is 7.71. The number of nitrogens with one attached hydrogen (secondary N) is 1. The van der Waals surface area contributed by atoms with Crippen molar-refractivity contribution in [1.29, 1.82) is 5.26 Å². The molecular formula is C17H20N4S. The van der Waals surface area contributed by atoms with Gasteiger partial charge in [-0.1, -0.05) is 11.6 Å². The summed E-state index contributed by atoms with van der Waals surface area (Å²) < 4.78 is 2.89. The number of hydrogen-bond donors (Lipinski definition) is 1. The monoisotopic (exact) mass is 312 g/mol. The maximum atomic E-state index is 9.47. The topological polar surface area (TPSA) is 47.8 Å². The highest BCUT2D eigenvalue weighted by Crippen LogP contribution is 2.28. The van der Waals surface area contributed by atoms with E-state index in [1.807, 2.05) is 12.1 Å². The van der Waals surface area contributed by atoms with Gasteiger partial charge in [-0.3, -0.25) is 4.90 Å². The molecule has 114 valence electrons. The third-order valence-electron chi connectivity index (χ3n) is 4.33. The lowest BCUT2D eigenvalue weighted by Crippen LogP contribution is -2.34. The van der Waals surface area contributed by atoms with E-state index in [0.717, 1.165) is 46.6 Å². The molecule has 2 heterocycles. The molecular weight excluding hydrogens is 292 g/mol. The molecule has 4 nitrogen and oxygen atoms in total. The van der Waals surface area contributed by atoms with E-state index in [1.54, 1.807) is 0 Å². The fraction of sp³-hybridized carbons (Fsp3) is 0.412. The molecule has 1 atom stereocenters. The number of nitriles is 1. The van der Waals surface area contributed by atoms with Crippen LogP contribution in [0.5, 0.6) is 0 Å². The summed E-state index contributed by atoms with van der Waals surface area (Å²) >= 11 is 5.48. The third kappa shape index (κ3) is 2.49. The Balaban J connectivity index is 2.16. The second-order valence-corrected chi connectivity index (χ2v) is 6.59. The summed E-state index contributed by atoms with van der Waals surface area (Å²) in [5.41, 5.74) is 5.25. The molecule has 5 heteroatoms. The first-order valence-electron chi connectivity index (χ1n) is 7.53. The second-order valence-electron chi connectivity index (χ2n) is 6.20. The third-order valence-corrected chi connectivity index (χ3v) is 4.65. The summed E-state index contributed by atoms with van der Waals surface area (Å²) in [5.74, 6) is 0. The maximum absolute atomic E-state index is 9.47. The first kappa shape index (κ1) is 15.0. The minimum Gasteiger partial charge on any atom is -0.331 e. The molecule has 0 saturated heterocycles. The normalized spacial score (nSPS) is 18.0. The first-order chi connectivity index (χ1) is 10.5. The predicted octanol–water partition coefficient (Wildman–Crippen LogP) is 3.74. The Bertz CT molecular complexity index is 846. The number of aromatic nitrogens is 2. The number of rotatable bonds is 2. The fourth-order valence-corrected chi connectivity index (χ4v) is 3.33. The van der Waals surface area contributed by atoms with E-state index in [2.05, 4.69) is 47.4 Å². The van der Waals surface area contributed by atoms with Crippen LogP contribution in [0.25, 0.3) is 11.0 Å². The Morgan fingerprint density at radius 2 is 2.27 bits per heavy atom. The van der Waals surface area contributed by atoms with E-state index < -0.39 is 0 Å². The summed E-state index contributed by atoms with van der Waals surface area (Å²) in [4.78, 5) is 5.67. The van der Waals surface area contributed by atoms with Crippen LogP contribution in [0.15, 0.2) is 23.8 Å². The largest absolute Gasteiger partial charge is 0.331 e. The predicted molar refractivity (Wildman–Crippen MR) is 91.1 cm³/mol. The lowest BCUT2D eigenvalue weighted by atomic mass is 10.1. The lowest BCUT2D eigenvalue weighted by molar-refractivity contribution is 0.210. The van der Waals surface area contributed by atoms with Crippen molar-refractivity contribution < 1.29 is 0 Å². The van der Waals surface area contributed by atoms with Gasteiger partial charge >= 0.3 is 0 Å². The average Bonchev–Trinajstić information content (AvgIpc) is 2.70. The number of nitrogens with zero attached hydrogens (tertiary/aromatic N) is 3. The summed E-state index contributed by atoms with van der Waals surface area (Å²) in [6.07, 6.45) is 2.24. The van der Waals surface area contributed by atoms with Gasteiger partial charge < -0.3 is 9.55 Å². The highest BCUT2D eigenvalue weighted by atomic mass is 32.1. The molecule has 0 amide bonds. The maximum Gasteiger partial charge on any atom is 0.178 e. The van der Waals surface area contributed by atoms with Crippen LogP contribution in [0.3, 0.4) is 0 Å². The molecule has 0 aliphatic carbocycles. The van der Waals surface area contributed by atoms with E-state index in [0.29, 0.717) is 6.04 Å². The Morgan fingerprint density at radius 3 is 2.95 bits per heavy atom. The Kier molecular flexibility index (Phi) is 3.90. The van der Waals surface area contributed by atoms with Crippen molar-refractivity contribution in [1.82, 2.24) is 14.5 Å². The SMILES string of the molecule is CC(C)=CCN1Cc2c(C#N)ccc3[nH]c(=S)n(c23)C[C@H]1C. The average molecular weight is 312 g/mol. The summed E-state index contributed by atoms with van der Waals surface area (Å²) in [7, 11) is 0. The van der Waals surface area contributed by atoms with Gasteiger partial charge in [-0.2, -0.15) is 5.26 Å². The van der Waals surface area contributed by atoms with Crippen LogP contribution in [-0.2, 0) is 13.1 Å². The van der Waals surface area contributed by atoms with Crippen LogP contribution in [0.2, 0.25) is 0 Å². The van der Waals surface area contributed by atoms with Crippen LogP contribution in [0.4, 0.5) is 0 Å². The van der Waals surface area contributed by atoms with Crippen molar-refractivity contribution in [3.63, 3.8) is 0 Å². The minimum absolute atomic E-state index is 0.361. The first-order valence-corrected chi connectivity index (χ1v) is 7.94.